The lowest BCUT2D eigenvalue weighted by atomic mass is 10.4. The number of hydrogen-bond donors (Lipinski definition) is 1. The molecule has 0 aliphatic carbocycles. The Labute approximate surface area is 63.0 Å². The van der Waals surface area contributed by atoms with Crippen molar-refractivity contribution < 1.29 is 0 Å². The van der Waals surface area contributed by atoms with E-state index in [9.17, 15) is 0 Å². The summed E-state index contributed by atoms with van der Waals surface area (Å²) in [6, 6.07) is 0. The molecule has 0 bridgehead atoms. The Bertz CT molecular complexity index is 89.4. The molecule has 0 aromatic heterocycles. The third-order valence-corrected chi connectivity index (χ3v) is 1.22. The minimum Gasteiger partial charge on any atom is -0.329 e. The fourth-order valence-electron chi connectivity index (χ4n) is 0.805. The van der Waals surface area contributed by atoms with Crippen molar-refractivity contribution in [2.24, 2.45) is 5.73 Å². The first-order chi connectivity index (χ1) is 4.85. The van der Waals surface area contributed by atoms with E-state index < -0.39 is 0 Å². The van der Waals surface area contributed by atoms with Crippen LogP contribution in [0.1, 0.15) is 0 Å². The molecular weight excluding hydrogens is 124 g/mol. The minimum atomic E-state index is 0.696. The van der Waals surface area contributed by atoms with Crippen LogP contribution in [0.25, 0.3) is 0 Å². The predicted octanol–water partition coefficient (Wildman–Crippen LogP) is 0.619. The summed E-state index contributed by atoms with van der Waals surface area (Å²) in [5.41, 5.74) is 5.38. The standard InChI is InChI=1S/C8H16N2/c1-3-6-10(7-4-2)8-5-9/h3-4H,1-2,5-9H2. The van der Waals surface area contributed by atoms with Gasteiger partial charge in [0, 0.05) is 26.2 Å². The lowest BCUT2D eigenvalue weighted by Crippen LogP contribution is -2.29. The van der Waals surface area contributed by atoms with Crippen LogP contribution in [-0.2, 0) is 0 Å². The van der Waals surface area contributed by atoms with Gasteiger partial charge in [-0.1, -0.05) is 12.2 Å². The van der Waals surface area contributed by atoms with E-state index in [-0.39, 0.29) is 0 Å². The first-order valence-corrected chi connectivity index (χ1v) is 3.49. The second kappa shape index (κ2) is 6.52. The normalized spacial score (nSPS) is 9.80. The maximum Gasteiger partial charge on any atom is 0.0164 e. The Balaban J connectivity index is 3.48. The molecule has 0 rings (SSSR count). The van der Waals surface area contributed by atoms with Crippen LogP contribution in [0.15, 0.2) is 25.3 Å². The molecular formula is C8H16N2. The quantitative estimate of drug-likeness (QED) is 0.548. The molecule has 0 aliphatic rings. The maximum atomic E-state index is 5.38. The van der Waals surface area contributed by atoms with Crippen LogP contribution in [-0.4, -0.2) is 31.1 Å². The molecule has 0 spiro atoms. The van der Waals surface area contributed by atoms with Crippen molar-refractivity contribution >= 4 is 0 Å². The van der Waals surface area contributed by atoms with Gasteiger partial charge in [-0.05, 0) is 0 Å². The molecule has 2 nitrogen and oxygen atoms in total. The van der Waals surface area contributed by atoms with Gasteiger partial charge in [0.1, 0.15) is 0 Å². The van der Waals surface area contributed by atoms with Crippen LogP contribution in [0.2, 0.25) is 0 Å². The number of nitrogens with zero attached hydrogens (tertiary/aromatic N) is 1. The highest BCUT2D eigenvalue weighted by Crippen LogP contribution is 1.86. The van der Waals surface area contributed by atoms with E-state index in [2.05, 4.69) is 18.1 Å². The Hall–Kier alpha value is -0.600. The van der Waals surface area contributed by atoms with Gasteiger partial charge in [0.2, 0.25) is 0 Å². The van der Waals surface area contributed by atoms with E-state index in [0.717, 1.165) is 19.6 Å². The van der Waals surface area contributed by atoms with Gasteiger partial charge in [-0.25, -0.2) is 0 Å². The van der Waals surface area contributed by atoms with Gasteiger partial charge in [0.25, 0.3) is 0 Å². The Morgan fingerprint density at radius 2 is 1.70 bits per heavy atom. The van der Waals surface area contributed by atoms with E-state index >= 15 is 0 Å². The molecule has 0 heterocycles. The summed E-state index contributed by atoms with van der Waals surface area (Å²) in [5, 5.41) is 0. The van der Waals surface area contributed by atoms with Crippen LogP contribution in [0.4, 0.5) is 0 Å². The highest BCUT2D eigenvalue weighted by Gasteiger charge is 1.95. The van der Waals surface area contributed by atoms with Gasteiger partial charge in [0.05, 0.1) is 0 Å². The van der Waals surface area contributed by atoms with E-state index in [1.165, 1.54) is 0 Å². The smallest absolute Gasteiger partial charge is 0.0164 e. The SMILES string of the molecule is C=CCN(CC=C)CCN. The van der Waals surface area contributed by atoms with Crippen molar-refractivity contribution in [1.29, 1.82) is 0 Å². The van der Waals surface area contributed by atoms with Crippen molar-refractivity contribution in [2.45, 2.75) is 0 Å². The maximum absolute atomic E-state index is 5.38. The fraction of sp³-hybridized carbons (Fsp3) is 0.500. The molecule has 58 valence electrons. The summed E-state index contributed by atoms with van der Waals surface area (Å²) in [5.74, 6) is 0. The average molecular weight is 140 g/mol. The molecule has 0 aromatic carbocycles. The molecule has 0 fully saturated rings. The lowest BCUT2D eigenvalue weighted by molar-refractivity contribution is 0.345. The van der Waals surface area contributed by atoms with Crippen molar-refractivity contribution in [3.63, 3.8) is 0 Å². The topological polar surface area (TPSA) is 29.3 Å². The zero-order chi connectivity index (χ0) is 7.82. The van der Waals surface area contributed by atoms with Gasteiger partial charge < -0.3 is 5.73 Å². The van der Waals surface area contributed by atoms with E-state index in [1.54, 1.807) is 0 Å². The van der Waals surface area contributed by atoms with Gasteiger partial charge in [0.15, 0.2) is 0 Å². The van der Waals surface area contributed by atoms with Gasteiger partial charge >= 0.3 is 0 Å². The van der Waals surface area contributed by atoms with Crippen LogP contribution < -0.4 is 5.73 Å². The lowest BCUT2D eigenvalue weighted by Gasteiger charge is -2.16. The van der Waals surface area contributed by atoms with Crippen molar-refractivity contribution in [3.05, 3.63) is 25.3 Å². The monoisotopic (exact) mass is 140 g/mol. The molecule has 0 unspecified atom stereocenters. The van der Waals surface area contributed by atoms with Gasteiger partial charge in [-0.2, -0.15) is 0 Å². The van der Waals surface area contributed by atoms with E-state index in [4.69, 9.17) is 5.73 Å². The van der Waals surface area contributed by atoms with Crippen molar-refractivity contribution in [2.75, 3.05) is 26.2 Å². The molecule has 0 atom stereocenters. The number of nitrogens with two attached hydrogens (primary N) is 1. The van der Waals surface area contributed by atoms with Crippen LogP contribution in [0, 0.1) is 0 Å². The largest absolute Gasteiger partial charge is 0.329 e. The van der Waals surface area contributed by atoms with Crippen LogP contribution in [0.5, 0.6) is 0 Å². The summed E-state index contributed by atoms with van der Waals surface area (Å²) in [6.45, 7) is 10.7. The van der Waals surface area contributed by atoms with Crippen LogP contribution >= 0.6 is 0 Å². The van der Waals surface area contributed by atoms with Gasteiger partial charge in [-0.15, -0.1) is 13.2 Å². The minimum absolute atomic E-state index is 0.696. The average Bonchev–Trinajstić information content (AvgIpc) is 1.90. The fourth-order valence-corrected chi connectivity index (χ4v) is 0.805. The van der Waals surface area contributed by atoms with E-state index in [0.29, 0.717) is 6.54 Å². The van der Waals surface area contributed by atoms with Gasteiger partial charge in [-0.3, -0.25) is 4.90 Å². The Morgan fingerprint density at radius 3 is 2.00 bits per heavy atom. The molecule has 0 amide bonds. The molecule has 0 radical (unpaired) electrons. The molecule has 0 aliphatic heterocycles. The zero-order valence-corrected chi connectivity index (χ0v) is 6.42. The molecule has 0 saturated heterocycles. The third-order valence-electron chi connectivity index (χ3n) is 1.22. The number of rotatable bonds is 6. The highest BCUT2D eigenvalue weighted by atomic mass is 15.1. The predicted molar refractivity (Wildman–Crippen MR) is 45.9 cm³/mol. The molecule has 0 aromatic rings. The highest BCUT2D eigenvalue weighted by molar-refractivity contribution is 4.79. The second-order valence-corrected chi connectivity index (χ2v) is 2.13. The third kappa shape index (κ3) is 4.30. The molecule has 0 saturated carbocycles. The van der Waals surface area contributed by atoms with Crippen LogP contribution in [0.3, 0.4) is 0 Å². The van der Waals surface area contributed by atoms with Crippen molar-refractivity contribution in [1.82, 2.24) is 4.90 Å². The molecule has 10 heavy (non-hydrogen) atoms. The Kier molecular flexibility index (Phi) is 6.13. The summed E-state index contributed by atoms with van der Waals surface area (Å²) in [4.78, 5) is 2.18. The number of hydrogen-bond acceptors (Lipinski definition) is 2. The van der Waals surface area contributed by atoms with Crippen molar-refractivity contribution in [3.8, 4) is 0 Å². The Morgan fingerprint density at radius 1 is 1.20 bits per heavy atom. The second-order valence-electron chi connectivity index (χ2n) is 2.13. The summed E-state index contributed by atoms with van der Waals surface area (Å²) >= 11 is 0. The first-order valence-electron chi connectivity index (χ1n) is 3.49. The summed E-state index contributed by atoms with van der Waals surface area (Å²) in [6.07, 6.45) is 3.75. The molecule has 2 heteroatoms. The first kappa shape index (κ1) is 9.40. The summed E-state index contributed by atoms with van der Waals surface area (Å²) < 4.78 is 0. The van der Waals surface area contributed by atoms with E-state index in [1.807, 2.05) is 12.2 Å². The zero-order valence-electron chi connectivity index (χ0n) is 6.42. The molecule has 2 N–H and O–H groups in total. The summed E-state index contributed by atoms with van der Waals surface area (Å²) in [7, 11) is 0.